The molecule has 0 bridgehead atoms. The quantitative estimate of drug-likeness (QED) is 0.776. The van der Waals surface area contributed by atoms with Crippen LogP contribution in [0.2, 0.25) is 0 Å². The number of hydrogen-bond donors (Lipinski definition) is 2. The number of nitrogen functional groups attached to an aromatic ring is 1. The van der Waals surface area contributed by atoms with Gasteiger partial charge >= 0.3 is 0 Å². The van der Waals surface area contributed by atoms with Crippen molar-refractivity contribution in [3.8, 4) is 0 Å². The van der Waals surface area contributed by atoms with Crippen molar-refractivity contribution in [1.29, 1.82) is 0 Å². The van der Waals surface area contributed by atoms with E-state index in [1.807, 2.05) is 0 Å². The molecule has 0 radical (unpaired) electrons. The number of hydrogen-bond acceptors (Lipinski definition) is 5. The average Bonchev–Trinajstić information content (AvgIpc) is 2.65. The lowest BCUT2D eigenvalue weighted by Gasteiger charge is -2.19. The van der Waals surface area contributed by atoms with Gasteiger partial charge in [-0.15, -0.1) is 0 Å². The Morgan fingerprint density at radius 2 is 2.33 bits per heavy atom. The van der Waals surface area contributed by atoms with Crippen LogP contribution in [-0.4, -0.2) is 29.2 Å². The predicted octanol–water partition coefficient (Wildman–Crippen LogP) is 1.04. The topological polar surface area (TPSA) is 73.1 Å². The molecule has 1 aliphatic rings. The summed E-state index contributed by atoms with van der Waals surface area (Å²) in [5, 5.41) is 3.30. The second-order valence-electron chi connectivity index (χ2n) is 3.79. The lowest BCUT2D eigenvalue weighted by molar-refractivity contribution is 0.101. The van der Waals surface area contributed by atoms with Crippen LogP contribution in [0.5, 0.6) is 0 Å². The summed E-state index contributed by atoms with van der Waals surface area (Å²) in [6.07, 6.45) is 6.88. The number of nitrogens with one attached hydrogen (secondary N) is 1. The van der Waals surface area contributed by atoms with Gasteiger partial charge in [0.1, 0.15) is 11.6 Å². The van der Waals surface area contributed by atoms with Crippen molar-refractivity contribution in [3.63, 3.8) is 0 Å². The van der Waals surface area contributed by atoms with Gasteiger partial charge in [0.05, 0.1) is 24.5 Å². The zero-order chi connectivity index (χ0) is 10.7. The van der Waals surface area contributed by atoms with E-state index < -0.39 is 0 Å². The van der Waals surface area contributed by atoms with E-state index in [2.05, 4.69) is 15.3 Å². The van der Waals surface area contributed by atoms with Gasteiger partial charge in [0.2, 0.25) is 0 Å². The number of ether oxygens (including phenoxy) is 1. The monoisotopic (exact) mass is 208 g/mol. The first-order chi connectivity index (χ1) is 7.29. The largest absolute Gasteiger partial charge is 0.382 e. The minimum Gasteiger partial charge on any atom is -0.382 e. The van der Waals surface area contributed by atoms with Gasteiger partial charge in [0.25, 0.3) is 0 Å². The molecule has 0 aliphatic heterocycles. The Bertz CT molecular complexity index is 331. The predicted molar refractivity (Wildman–Crippen MR) is 58.5 cm³/mol. The lowest BCUT2D eigenvalue weighted by Crippen LogP contribution is -2.30. The number of aromatic nitrogens is 2. The molecule has 0 saturated heterocycles. The van der Waals surface area contributed by atoms with Crippen LogP contribution < -0.4 is 11.1 Å². The van der Waals surface area contributed by atoms with Crippen molar-refractivity contribution in [2.24, 2.45) is 0 Å². The zero-order valence-electron chi connectivity index (χ0n) is 8.81. The highest BCUT2D eigenvalue weighted by atomic mass is 16.5. The maximum absolute atomic E-state index is 5.56. The highest BCUT2D eigenvalue weighted by molar-refractivity contribution is 5.39. The average molecular weight is 208 g/mol. The molecule has 2 unspecified atom stereocenters. The van der Waals surface area contributed by atoms with Crippen LogP contribution in [0.1, 0.15) is 19.3 Å². The molecular weight excluding hydrogens is 192 g/mol. The van der Waals surface area contributed by atoms with Crippen LogP contribution in [0.3, 0.4) is 0 Å². The highest BCUT2D eigenvalue weighted by Gasteiger charge is 2.27. The minimum absolute atomic E-state index is 0.272. The van der Waals surface area contributed by atoms with Crippen LogP contribution in [-0.2, 0) is 4.74 Å². The summed E-state index contributed by atoms with van der Waals surface area (Å²) in [6.45, 7) is 0. The summed E-state index contributed by atoms with van der Waals surface area (Å²) in [4.78, 5) is 8.14. The molecule has 5 nitrogen and oxygen atoms in total. The molecular formula is C10H16N4O. The normalized spacial score (nSPS) is 25.4. The summed E-state index contributed by atoms with van der Waals surface area (Å²) in [7, 11) is 1.75. The Morgan fingerprint density at radius 3 is 3.07 bits per heavy atom. The molecule has 2 atom stereocenters. The number of nitrogens with two attached hydrogens (primary N) is 1. The van der Waals surface area contributed by atoms with E-state index in [1.54, 1.807) is 13.3 Å². The molecule has 1 aromatic heterocycles. The fraction of sp³-hybridized carbons (Fsp3) is 0.600. The van der Waals surface area contributed by atoms with Crippen molar-refractivity contribution < 1.29 is 4.74 Å². The van der Waals surface area contributed by atoms with Crippen molar-refractivity contribution in [2.75, 3.05) is 18.2 Å². The molecule has 3 N–H and O–H groups in total. The first-order valence-electron chi connectivity index (χ1n) is 5.16. The lowest BCUT2D eigenvalue weighted by atomic mass is 10.2. The minimum atomic E-state index is 0.272. The molecule has 1 fully saturated rings. The molecule has 0 aromatic carbocycles. The van der Waals surface area contributed by atoms with E-state index in [-0.39, 0.29) is 6.10 Å². The molecule has 0 amide bonds. The van der Waals surface area contributed by atoms with Gasteiger partial charge in [-0.3, -0.25) is 4.98 Å². The van der Waals surface area contributed by atoms with Gasteiger partial charge in [-0.1, -0.05) is 0 Å². The number of anilines is 2. The Labute approximate surface area is 89.1 Å². The Kier molecular flexibility index (Phi) is 3.01. The third-order valence-electron chi connectivity index (χ3n) is 2.74. The van der Waals surface area contributed by atoms with E-state index in [0.29, 0.717) is 11.9 Å². The standard InChI is InChI=1S/C10H16N4O/c1-15-8-4-2-3-7(8)13-10-6-12-5-9(11)14-10/h5-8H,2-4H2,1H3,(H3,11,13,14). The second-order valence-corrected chi connectivity index (χ2v) is 3.79. The van der Waals surface area contributed by atoms with Gasteiger partial charge < -0.3 is 15.8 Å². The SMILES string of the molecule is COC1CCCC1Nc1cncc(N)n1. The fourth-order valence-corrected chi connectivity index (χ4v) is 2.01. The first-order valence-corrected chi connectivity index (χ1v) is 5.16. The van der Waals surface area contributed by atoms with Crippen LogP contribution in [0.4, 0.5) is 11.6 Å². The zero-order valence-corrected chi connectivity index (χ0v) is 8.81. The summed E-state index contributed by atoms with van der Waals surface area (Å²) < 4.78 is 5.38. The van der Waals surface area contributed by atoms with Crippen LogP contribution >= 0.6 is 0 Å². The highest BCUT2D eigenvalue weighted by Crippen LogP contribution is 2.24. The van der Waals surface area contributed by atoms with Gasteiger partial charge in [-0.25, -0.2) is 4.98 Å². The molecule has 1 aromatic rings. The van der Waals surface area contributed by atoms with Gasteiger partial charge in [-0.05, 0) is 19.3 Å². The molecule has 82 valence electrons. The van der Waals surface area contributed by atoms with Crippen LogP contribution in [0, 0.1) is 0 Å². The molecule has 1 saturated carbocycles. The number of nitrogens with zero attached hydrogens (tertiary/aromatic N) is 2. The smallest absolute Gasteiger partial charge is 0.147 e. The van der Waals surface area contributed by atoms with Crippen LogP contribution in [0.15, 0.2) is 12.4 Å². The van der Waals surface area contributed by atoms with E-state index in [9.17, 15) is 0 Å². The molecule has 2 rings (SSSR count). The molecule has 1 aliphatic carbocycles. The molecule has 15 heavy (non-hydrogen) atoms. The van der Waals surface area contributed by atoms with Gasteiger partial charge in [0.15, 0.2) is 0 Å². The first kappa shape index (κ1) is 10.2. The van der Waals surface area contributed by atoms with Gasteiger partial charge in [0, 0.05) is 7.11 Å². The Balaban J connectivity index is 2.02. The third kappa shape index (κ3) is 2.36. The van der Waals surface area contributed by atoms with Crippen molar-refractivity contribution >= 4 is 11.6 Å². The molecule has 0 spiro atoms. The van der Waals surface area contributed by atoms with Gasteiger partial charge in [-0.2, -0.15) is 0 Å². The van der Waals surface area contributed by atoms with E-state index in [0.717, 1.165) is 18.7 Å². The molecule has 1 heterocycles. The van der Waals surface area contributed by atoms with Crippen LogP contribution in [0.25, 0.3) is 0 Å². The summed E-state index contributed by atoms with van der Waals surface area (Å²) >= 11 is 0. The number of rotatable bonds is 3. The summed E-state index contributed by atoms with van der Waals surface area (Å²) in [5.74, 6) is 1.16. The van der Waals surface area contributed by atoms with E-state index in [4.69, 9.17) is 10.5 Å². The maximum Gasteiger partial charge on any atom is 0.147 e. The van der Waals surface area contributed by atoms with E-state index >= 15 is 0 Å². The Hall–Kier alpha value is -1.36. The van der Waals surface area contributed by atoms with Crippen molar-refractivity contribution in [1.82, 2.24) is 9.97 Å². The van der Waals surface area contributed by atoms with Crippen molar-refractivity contribution in [3.05, 3.63) is 12.4 Å². The maximum atomic E-state index is 5.56. The summed E-state index contributed by atoms with van der Waals surface area (Å²) in [5.41, 5.74) is 5.56. The fourth-order valence-electron chi connectivity index (χ4n) is 2.01. The van der Waals surface area contributed by atoms with E-state index in [1.165, 1.54) is 12.6 Å². The Morgan fingerprint density at radius 1 is 1.47 bits per heavy atom. The third-order valence-corrected chi connectivity index (χ3v) is 2.74. The molecule has 5 heteroatoms. The van der Waals surface area contributed by atoms with Crippen molar-refractivity contribution in [2.45, 2.75) is 31.4 Å². The second kappa shape index (κ2) is 4.44. The number of methoxy groups -OCH3 is 1. The summed E-state index contributed by atoms with van der Waals surface area (Å²) in [6, 6.07) is 0.325.